The Morgan fingerprint density at radius 3 is 2.62 bits per heavy atom. The number of carbonyl (C=O) groups is 1. The van der Waals surface area contributed by atoms with Gasteiger partial charge >= 0.3 is 5.97 Å². The van der Waals surface area contributed by atoms with Crippen LogP contribution in [0.4, 0.5) is 14.5 Å². The van der Waals surface area contributed by atoms with Crippen LogP contribution in [0.2, 0.25) is 0 Å². The Hall–Kier alpha value is -2.68. The molecule has 140 valence electrons. The van der Waals surface area contributed by atoms with Crippen LogP contribution in [0, 0.1) is 11.6 Å². The molecule has 0 saturated carbocycles. The van der Waals surface area contributed by atoms with Gasteiger partial charge in [-0.25, -0.2) is 18.3 Å². The summed E-state index contributed by atoms with van der Waals surface area (Å²) in [7, 11) is 0. The fraction of sp³-hybridized carbons (Fsp3) is 0.412. The van der Waals surface area contributed by atoms with Crippen molar-refractivity contribution in [3.8, 4) is 11.6 Å². The Bertz CT molecular complexity index is 780. The average Bonchev–Trinajstić information content (AvgIpc) is 3.02. The summed E-state index contributed by atoms with van der Waals surface area (Å²) in [4.78, 5) is 12.2. The van der Waals surface area contributed by atoms with Gasteiger partial charge in [-0.15, -0.1) is 0 Å². The number of nitrogens with two attached hydrogens (primary N) is 1. The van der Waals surface area contributed by atoms with E-state index in [1.807, 2.05) is 0 Å². The monoisotopic (exact) mass is 367 g/mol. The number of aromatic nitrogens is 2. The Morgan fingerprint density at radius 1 is 1.35 bits per heavy atom. The number of nitrogens with zero attached hydrogens (tertiary/aromatic N) is 2. The summed E-state index contributed by atoms with van der Waals surface area (Å²) in [6, 6.07) is 1.76. The van der Waals surface area contributed by atoms with Crippen LogP contribution >= 0.6 is 0 Å². The van der Waals surface area contributed by atoms with Gasteiger partial charge in [-0.2, -0.15) is 5.10 Å². The van der Waals surface area contributed by atoms with Gasteiger partial charge in [0.2, 0.25) is 11.6 Å². The molecule has 26 heavy (non-hydrogen) atoms. The molecule has 2 aromatic rings. The van der Waals surface area contributed by atoms with Crippen LogP contribution < -0.4 is 10.5 Å². The highest BCUT2D eigenvalue weighted by Gasteiger charge is 2.28. The molecule has 0 amide bonds. The molecule has 0 radical (unpaired) electrons. The zero-order valence-corrected chi connectivity index (χ0v) is 14.2. The van der Waals surface area contributed by atoms with Crippen LogP contribution in [0.3, 0.4) is 0 Å². The number of halogens is 2. The molecule has 7 nitrogen and oxygen atoms in total. The topological polar surface area (TPSA) is 88.6 Å². The lowest BCUT2D eigenvalue weighted by Gasteiger charge is -2.24. The van der Waals surface area contributed by atoms with Gasteiger partial charge < -0.3 is 19.9 Å². The molecule has 1 fully saturated rings. The number of hydrogen-bond donors (Lipinski definition) is 1. The first kappa shape index (κ1) is 18.1. The Morgan fingerprint density at radius 2 is 2.00 bits per heavy atom. The normalized spacial score (nSPS) is 15.0. The minimum absolute atomic E-state index is 0.00559. The van der Waals surface area contributed by atoms with Gasteiger partial charge in [0.25, 0.3) is 0 Å². The predicted molar refractivity (Wildman–Crippen MR) is 88.1 cm³/mol. The molecular formula is C17H19F2N3O4. The fourth-order valence-electron chi connectivity index (χ4n) is 2.77. The average molecular weight is 367 g/mol. The minimum Gasteiger partial charge on any atom is -0.462 e. The van der Waals surface area contributed by atoms with Gasteiger partial charge in [0.1, 0.15) is 5.56 Å². The summed E-state index contributed by atoms with van der Waals surface area (Å²) in [6.07, 6.45) is 2.54. The van der Waals surface area contributed by atoms with Crippen molar-refractivity contribution in [1.29, 1.82) is 0 Å². The molecule has 1 aromatic carbocycles. The molecule has 3 rings (SSSR count). The molecule has 0 spiro atoms. The Kier molecular flexibility index (Phi) is 5.36. The number of hydrogen-bond acceptors (Lipinski definition) is 6. The SMILES string of the molecule is CCOC(=O)c1cnn(C2CCOCC2)c1Oc1c(F)cc(N)cc1F. The van der Waals surface area contributed by atoms with E-state index in [2.05, 4.69) is 5.10 Å². The van der Waals surface area contributed by atoms with Crippen LogP contribution in [0.15, 0.2) is 18.3 Å². The lowest BCUT2D eigenvalue weighted by molar-refractivity contribution is 0.0520. The number of nitrogen functional groups attached to an aromatic ring is 1. The quantitative estimate of drug-likeness (QED) is 0.645. The number of esters is 1. The van der Waals surface area contributed by atoms with Crippen molar-refractivity contribution in [3.05, 3.63) is 35.5 Å². The first-order valence-corrected chi connectivity index (χ1v) is 8.26. The third-order valence-corrected chi connectivity index (χ3v) is 4.00. The van der Waals surface area contributed by atoms with E-state index in [0.29, 0.717) is 26.1 Å². The summed E-state index contributed by atoms with van der Waals surface area (Å²) in [5, 5.41) is 4.18. The van der Waals surface area contributed by atoms with Crippen molar-refractivity contribution >= 4 is 11.7 Å². The highest BCUT2D eigenvalue weighted by Crippen LogP contribution is 2.35. The van der Waals surface area contributed by atoms with E-state index >= 15 is 0 Å². The summed E-state index contributed by atoms with van der Waals surface area (Å²) < 4.78 is 45.5. The molecule has 1 aromatic heterocycles. The molecule has 0 unspecified atom stereocenters. The Labute approximate surface area is 148 Å². The van der Waals surface area contributed by atoms with Crippen molar-refractivity contribution in [2.75, 3.05) is 25.6 Å². The Balaban J connectivity index is 2.02. The molecule has 1 saturated heterocycles. The number of benzene rings is 1. The smallest absolute Gasteiger partial charge is 0.345 e. The highest BCUT2D eigenvalue weighted by atomic mass is 19.1. The third-order valence-electron chi connectivity index (χ3n) is 4.00. The molecular weight excluding hydrogens is 348 g/mol. The number of carbonyl (C=O) groups excluding carboxylic acids is 1. The van der Waals surface area contributed by atoms with E-state index in [0.717, 1.165) is 12.1 Å². The van der Waals surface area contributed by atoms with Crippen molar-refractivity contribution in [3.63, 3.8) is 0 Å². The highest BCUT2D eigenvalue weighted by molar-refractivity contribution is 5.91. The largest absolute Gasteiger partial charge is 0.462 e. The third kappa shape index (κ3) is 3.62. The van der Waals surface area contributed by atoms with Gasteiger partial charge in [-0.05, 0) is 19.8 Å². The molecule has 2 N–H and O–H groups in total. The van der Waals surface area contributed by atoms with E-state index in [9.17, 15) is 13.6 Å². The summed E-state index contributed by atoms with van der Waals surface area (Å²) in [6.45, 7) is 2.83. The molecule has 0 bridgehead atoms. The second-order valence-electron chi connectivity index (χ2n) is 5.79. The maximum Gasteiger partial charge on any atom is 0.345 e. The first-order valence-electron chi connectivity index (χ1n) is 8.26. The molecule has 1 aliphatic heterocycles. The van der Waals surface area contributed by atoms with Gasteiger partial charge in [0.05, 0.1) is 18.8 Å². The first-order chi connectivity index (χ1) is 12.5. The van der Waals surface area contributed by atoms with Crippen molar-refractivity contribution in [2.24, 2.45) is 0 Å². The van der Waals surface area contributed by atoms with E-state index in [4.69, 9.17) is 19.9 Å². The van der Waals surface area contributed by atoms with E-state index < -0.39 is 23.4 Å². The van der Waals surface area contributed by atoms with E-state index in [1.165, 1.54) is 10.9 Å². The molecule has 9 heteroatoms. The van der Waals surface area contributed by atoms with Crippen LogP contribution in [0.1, 0.15) is 36.2 Å². The van der Waals surface area contributed by atoms with E-state index in [-0.39, 0.29) is 29.8 Å². The fourth-order valence-corrected chi connectivity index (χ4v) is 2.77. The second kappa shape index (κ2) is 7.69. The van der Waals surface area contributed by atoms with Gasteiger partial charge in [0.15, 0.2) is 11.6 Å². The van der Waals surface area contributed by atoms with E-state index in [1.54, 1.807) is 6.92 Å². The van der Waals surface area contributed by atoms with Crippen LogP contribution in [-0.4, -0.2) is 35.6 Å². The van der Waals surface area contributed by atoms with Crippen LogP contribution in [-0.2, 0) is 9.47 Å². The number of rotatable bonds is 5. The lowest BCUT2D eigenvalue weighted by Crippen LogP contribution is -2.21. The maximum absolute atomic E-state index is 14.1. The second-order valence-corrected chi connectivity index (χ2v) is 5.79. The van der Waals surface area contributed by atoms with Gasteiger partial charge in [-0.1, -0.05) is 0 Å². The standard InChI is InChI=1S/C17H19F2N3O4/c1-2-25-17(23)12-9-21-22(11-3-5-24-6-4-11)16(12)26-15-13(18)7-10(20)8-14(15)19/h7-9,11H,2-6,20H2,1H3. The minimum atomic E-state index is -0.975. The van der Waals surface area contributed by atoms with Gasteiger partial charge in [0, 0.05) is 31.0 Å². The zero-order chi connectivity index (χ0) is 18.7. The van der Waals surface area contributed by atoms with Crippen molar-refractivity contribution in [1.82, 2.24) is 9.78 Å². The summed E-state index contributed by atoms with van der Waals surface area (Å²) in [5.41, 5.74) is 5.35. The molecule has 1 aliphatic rings. The lowest BCUT2D eigenvalue weighted by atomic mass is 10.1. The summed E-state index contributed by atoms with van der Waals surface area (Å²) in [5.74, 6) is -3.36. The van der Waals surface area contributed by atoms with Gasteiger partial charge in [-0.3, -0.25) is 0 Å². The molecule has 2 heterocycles. The zero-order valence-electron chi connectivity index (χ0n) is 14.2. The molecule has 0 aliphatic carbocycles. The number of ether oxygens (including phenoxy) is 3. The number of anilines is 1. The van der Waals surface area contributed by atoms with Crippen LogP contribution in [0.5, 0.6) is 11.6 Å². The maximum atomic E-state index is 14.1. The van der Waals surface area contributed by atoms with Crippen molar-refractivity contribution in [2.45, 2.75) is 25.8 Å². The van der Waals surface area contributed by atoms with Crippen LogP contribution in [0.25, 0.3) is 0 Å². The predicted octanol–water partition coefficient (Wildman–Crippen LogP) is 3.06. The molecule has 0 atom stereocenters. The van der Waals surface area contributed by atoms with Crippen molar-refractivity contribution < 1.29 is 27.8 Å². The summed E-state index contributed by atoms with van der Waals surface area (Å²) >= 11 is 0.